The van der Waals surface area contributed by atoms with Crippen LogP contribution in [-0.2, 0) is 0 Å². The number of likely N-dealkylation sites (tertiary alicyclic amines) is 1. The van der Waals surface area contributed by atoms with E-state index in [4.69, 9.17) is 0 Å². The number of hydrogen-bond donors (Lipinski definition) is 1. The highest BCUT2D eigenvalue weighted by Gasteiger charge is 2.18. The van der Waals surface area contributed by atoms with Gasteiger partial charge in [0.1, 0.15) is 0 Å². The zero-order valence-corrected chi connectivity index (χ0v) is 10.5. The average molecular weight is 241 g/mol. The zero-order valence-electron chi connectivity index (χ0n) is 10.5. The number of rotatable bonds is 3. The SMILES string of the molecule is OC(CN1CCCC1)c1cccc2ccccc12. The lowest BCUT2D eigenvalue weighted by Gasteiger charge is -2.20. The van der Waals surface area contributed by atoms with E-state index < -0.39 is 0 Å². The van der Waals surface area contributed by atoms with Crippen LogP contribution >= 0.6 is 0 Å². The van der Waals surface area contributed by atoms with Gasteiger partial charge in [0.2, 0.25) is 0 Å². The number of aliphatic hydroxyl groups excluding tert-OH is 1. The lowest BCUT2D eigenvalue weighted by atomic mass is 10.0. The highest BCUT2D eigenvalue weighted by molar-refractivity contribution is 5.85. The molecule has 0 saturated carbocycles. The molecule has 3 rings (SSSR count). The monoisotopic (exact) mass is 241 g/mol. The molecule has 1 fully saturated rings. The molecule has 0 radical (unpaired) electrons. The molecule has 0 bridgehead atoms. The van der Waals surface area contributed by atoms with Crippen LogP contribution in [0.5, 0.6) is 0 Å². The van der Waals surface area contributed by atoms with E-state index in [1.807, 2.05) is 24.3 Å². The van der Waals surface area contributed by atoms with Gasteiger partial charge in [0, 0.05) is 6.54 Å². The van der Waals surface area contributed by atoms with Crippen LogP contribution in [-0.4, -0.2) is 29.6 Å². The second-order valence-electron chi connectivity index (χ2n) is 5.09. The first-order valence-electron chi connectivity index (χ1n) is 6.73. The number of aliphatic hydroxyl groups is 1. The molecule has 0 spiro atoms. The van der Waals surface area contributed by atoms with Crippen molar-refractivity contribution in [3.05, 3.63) is 48.0 Å². The Kier molecular flexibility index (Phi) is 3.31. The van der Waals surface area contributed by atoms with E-state index in [0.29, 0.717) is 0 Å². The Labute approximate surface area is 108 Å². The molecular formula is C16H19NO. The van der Waals surface area contributed by atoms with Crippen LogP contribution in [0, 0.1) is 0 Å². The van der Waals surface area contributed by atoms with Gasteiger partial charge >= 0.3 is 0 Å². The molecule has 0 amide bonds. The maximum Gasteiger partial charge on any atom is 0.0922 e. The molecule has 1 unspecified atom stereocenters. The molecule has 1 aliphatic rings. The van der Waals surface area contributed by atoms with Crippen molar-refractivity contribution in [3.63, 3.8) is 0 Å². The molecule has 0 aliphatic carbocycles. The van der Waals surface area contributed by atoms with Crippen molar-refractivity contribution in [2.24, 2.45) is 0 Å². The lowest BCUT2D eigenvalue weighted by molar-refractivity contribution is 0.127. The average Bonchev–Trinajstić information content (AvgIpc) is 2.91. The van der Waals surface area contributed by atoms with E-state index in [-0.39, 0.29) is 6.10 Å². The Morgan fingerprint density at radius 3 is 2.56 bits per heavy atom. The Morgan fingerprint density at radius 2 is 1.72 bits per heavy atom. The Bertz CT molecular complexity index is 526. The predicted molar refractivity (Wildman–Crippen MR) is 74.6 cm³/mol. The van der Waals surface area contributed by atoms with Crippen LogP contribution in [0.4, 0.5) is 0 Å². The number of hydrogen-bond acceptors (Lipinski definition) is 2. The third kappa shape index (κ3) is 2.26. The topological polar surface area (TPSA) is 23.5 Å². The first-order chi connectivity index (χ1) is 8.84. The van der Waals surface area contributed by atoms with Gasteiger partial charge in [-0.1, -0.05) is 42.5 Å². The normalized spacial score (nSPS) is 18.3. The minimum Gasteiger partial charge on any atom is -0.387 e. The summed E-state index contributed by atoms with van der Waals surface area (Å²) in [6.45, 7) is 3.01. The summed E-state index contributed by atoms with van der Waals surface area (Å²) in [4.78, 5) is 2.35. The third-order valence-electron chi connectivity index (χ3n) is 3.81. The van der Waals surface area contributed by atoms with E-state index in [2.05, 4.69) is 23.1 Å². The van der Waals surface area contributed by atoms with Gasteiger partial charge in [-0.25, -0.2) is 0 Å². The molecule has 2 nitrogen and oxygen atoms in total. The zero-order chi connectivity index (χ0) is 12.4. The van der Waals surface area contributed by atoms with Crippen molar-refractivity contribution < 1.29 is 5.11 Å². The summed E-state index contributed by atoms with van der Waals surface area (Å²) in [6, 6.07) is 14.4. The number of β-amino-alcohol motifs (C(OH)–C–C–N with tert-alkyl or cyclic N) is 1. The van der Waals surface area contributed by atoms with Crippen molar-refractivity contribution in [3.8, 4) is 0 Å². The third-order valence-corrected chi connectivity index (χ3v) is 3.81. The molecule has 0 aromatic heterocycles. The first kappa shape index (κ1) is 11.7. The number of benzene rings is 2. The minimum atomic E-state index is -0.380. The number of nitrogens with zero attached hydrogens (tertiary/aromatic N) is 1. The van der Waals surface area contributed by atoms with E-state index in [1.165, 1.54) is 23.6 Å². The summed E-state index contributed by atoms with van der Waals surface area (Å²) in [7, 11) is 0. The fraction of sp³-hybridized carbons (Fsp3) is 0.375. The predicted octanol–water partition coefficient (Wildman–Crippen LogP) is 2.97. The molecular weight excluding hydrogens is 222 g/mol. The van der Waals surface area contributed by atoms with E-state index in [9.17, 15) is 5.11 Å². The highest BCUT2D eigenvalue weighted by atomic mass is 16.3. The Hall–Kier alpha value is -1.38. The Morgan fingerprint density at radius 1 is 1.00 bits per heavy atom. The molecule has 2 aromatic carbocycles. The van der Waals surface area contributed by atoms with Crippen LogP contribution < -0.4 is 0 Å². The van der Waals surface area contributed by atoms with E-state index in [1.54, 1.807) is 0 Å². The maximum absolute atomic E-state index is 10.4. The molecule has 1 heterocycles. The summed E-state index contributed by atoms with van der Waals surface area (Å²) < 4.78 is 0. The van der Waals surface area contributed by atoms with Crippen molar-refractivity contribution in [2.45, 2.75) is 18.9 Å². The van der Waals surface area contributed by atoms with Crippen molar-refractivity contribution >= 4 is 10.8 Å². The Balaban J connectivity index is 1.88. The van der Waals surface area contributed by atoms with Gasteiger partial charge in [-0.15, -0.1) is 0 Å². The minimum absolute atomic E-state index is 0.380. The molecule has 1 aliphatic heterocycles. The smallest absolute Gasteiger partial charge is 0.0922 e. The van der Waals surface area contributed by atoms with Gasteiger partial charge in [0.15, 0.2) is 0 Å². The highest BCUT2D eigenvalue weighted by Crippen LogP contribution is 2.25. The van der Waals surface area contributed by atoms with Crippen LogP contribution in [0.15, 0.2) is 42.5 Å². The maximum atomic E-state index is 10.4. The molecule has 2 heteroatoms. The van der Waals surface area contributed by atoms with Gasteiger partial charge in [-0.3, -0.25) is 0 Å². The van der Waals surface area contributed by atoms with Gasteiger partial charge in [-0.2, -0.15) is 0 Å². The fourth-order valence-electron chi connectivity index (χ4n) is 2.85. The molecule has 94 valence electrons. The van der Waals surface area contributed by atoms with Crippen LogP contribution in [0.1, 0.15) is 24.5 Å². The van der Waals surface area contributed by atoms with E-state index in [0.717, 1.165) is 25.2 Å². The van der Waals surface area contributed by atoms with Crippen molar-refractivity contribution in [1.29, 1.82) is 0 Å². The largest absolute Gasteiger partial charge is 0.387 e. The summed E-state index contributed by atoms with van der Waals surface area (Å²) in [5, 5.41) is 12.8. The second kappa shape index (κ2) is 5.09. The summed E-state index contributed by atoms with van der Waals surface area (Å²) in [5.41, 5.74) is 1.06. The molecule has 18 heavy (non-hydrogen) atoms. The van der Waals surface area contributed by atoms with Crippen LogP contribution in [0.25, 0.3) is 10.8 Å². The van der Waals surface area contributed by atoms with E-state index >= 15 is 0 Å². The standard InChI is InChI=1S/C16H19NO/c18-16(12-17-10-3-4-11-17)15-9-5-7-13-6-1-2-8-14(13)15/h1-2,5-9,16,18H,3-4,10-12H2. The number of fused-ring (bicyclic) bond motifs is 1. The summed E-state index contributed by atoms with van der Waals surface area (Å²) in [5.74, 6) is 0. The van der Waals surface area contributed by atoms with Crippen LogP contribution in [0.3, 0.4) is 0 Å². The van der Waals surface area contributed by atoms with Gasteiger partial charge in [-0.05, 0) is 42.3 Å². The molecule has 1 atom stereocenters. The molecule has 1 N–H and O–H groups in total. The van der Waals surface area contributed by atoms with Gasteiger partial charge in [0.05, 0.1) is 6.10 Å². The lowest BCUT2D eigenvalue weighted by Crippen LogP contribution is -2.25. The van der Waals surface area contributed by atoms with Gasteiger partial charge < -0.3 is 10.0 Å². The first-order valence-corrected chi connectivity index (χ1v) is 6.73. The fourth-order valence-corrected chi connectivity index (χ4v) is 2.85. The van der Waals surface area contributed by atoms with Crippen LogP contribution in [0.2, 0.25) is 0 Å². The summed E-state index contributed by atoms with van der Waals surface area (Å²) >= 11 is 0. The summed E-state index contributed by atoms with van der Waals surface area (Å²) in [6.07, 6.45) is 2.15. The van der Waals surface area contributed by atoms with Crippen molar-refractivity contribution in [2.75, 3.05) is 19.6 Å². The second-order valence-corrected chi connectivity index (χ2v) is 5.09. The molecule has 2 aromatic rings. The molecule has 1 saturated heterocycles. The quantitative estimate of drug-likeness (QED) is 0.893. The van der Waals surface area contributed by atoms with Crippen molar-refractivity contribution in [1.82, 2.24) is 4.90 Å². The van der Waals surface area contributed by atoms with Gasteiger partial charge in [0.25, 0.3) is 0 Å².